The van der Waals surface area contributed by atoms with Crippen molar-refractivity contribution in [3.05, 3.63) is 129 Å². The van der Waals surface area contributed by atoms with Crippen LogP contribution in [0.3, 0.4) is 0 Å². The monoisotopic (exact) mass is 859 g/mol. The van der Waals surface area contributed by atoms with Gasteiger partial charge in [0.05, 0.1) is 0 Å². The van der Waals surface area contributed by atoms with Crippen LogP contribution in [0.25, 0.3) is 34.4 Å². The minimum atomic E-state index is -5.07. The molecule has 251 valence electrons. The topological polar surface area (TPSA) is 0 Å². The summed E-state index contributed by atoms with van der Waals surface area (Å²) in [5, 5.41) is 0. The average molecular weight is 859 g/mol. The summed E-state index contributed by atoms with van der Waals surface area (Å²) in [5.74, 6) is -0.117. The van der Waals surface area contributed by atoms with Gasteiger partial charge >= 0.3 is 302 Å². The second kappa shape index (κ2) is 13.3. The van der Waals surface area contributed by atoms with Crippen molar-refractivity contribution in [3.8, 4) is 22.3 Å². The first-order valence-corrected chi connectivity index (χ1v) is 40.3. The third kappa shape index (κ3) is 5.66. The predicted molar refractivity (Wildman–Crippen MR) is 214 cm³/mol. The van der Waals surface area contributed by atoms with Gasteiger partial charge in [-0.2, -0.15) is 0 Å². The Balaban J connectivity index is 1.63. The van der Waals surface area contributed by atoms with Crippen molar-refractivity contribution in [1.82, 2.24) is 0 Å². The number of benzene rings is 4. The zero-order chi connectivity index (χ0) is 34.7. The van der Waals surface area contributed by atoms with Gasteiger partial charge in [-0.25, -0.2) is 0 Å². The summed E-state index contributed by atoms with van der Waals surface area (Å²) >= 11 is -5.07. The summed E-state index contributed by atoms with van der Waals surface area (Å²) in [7, 11) is 17.6. The number of hydrogen-bond acceptors (Lipinski definition) is 0. The molecule has 4 aromatic carbocycles. The molecule has 4 aromatic rings. The summed E-state index contributed by atoms with van der Waals surface area (Å²) in [6.07, 6.45) is 5.02. The van der Waals surface area contributed by atoms with Crippen LogP contribution in [0, 0.1) is 11.8 Å². The van der Waals surface area contributed by atoms with Gasteiger partial charge in [0.2, 0.25) is 0 Å². The van der Waals surface area contributed by atoms with E-state index < -0.39 is 21.3 Å². The van der Waals surface area contributed by atoms with E-state index in [1.165, 1.54) is 66.8 Å². The predicted octanol–water partition coefficient (Wildman–Crippen LogP) is 14.1. The fraction of sp³-hybridized carbons (Fsp3) is 0.364. The fourth-order valence-electron chi connectivity index (χ4n) is 8.88. The van der Waals surface area contributed by atoms with Gasteiger partial charge in [0.25, 0.3) is 0 Å². The van der Waals surface area contributed by atoms with Gasteiger partial charge < -0.3 is 0 Å². The molecule has 0 amide bonds. The van der Waals surface area contributed by atoms with Crippen LogP contribution in [0.5, 0.6) is 0 Å². The molecule has 4 heteroatoms. The minimum absolute atomic E-state index is 0.0860. The van der Waals surface area contributed by atoms with Crippen LogP contribution in [0.2, 0.25) is 13.1 Å². The van der Waals surface area contributed by atoms with Gasteiger partial charge in [-0.1, -0.05) is 0 Å². The number of fused-ring (bicyclic) bond motifs is 2. The van der Waals surface area contributed by atoms with Gasteiger partial charge in [0.15, 0.2) is 0 Å². The first-order chi connectivity index (χ1) is 22.7. The van der Waals surface area contributed by atoms with Crippen LogP contribution in [0.4, 0.5) is 0 Å². The van der Waals surface area contributed by atoms with Crippen molar-refractivity contribution >= 4 is 35.3 Å². The van der Waals surface area contributed by atoms with E-state index >= 15 is 0 Å². The van der Waals surface area contributed by atoms with E-state index in [2.05, 4.69) is 166 Å². The molecule has 0 saturated carbocycles. The van der Waals surface area contributed by atoms with Crippen LogP contribution >= 0.6 is 17.2 Å². The Labute approximate surface area is 299 Å². The first kappa shape index (κ1) is 35.8. The van der Waals surface area contributed by atoms with Crippen LogP contribution < -0.4 is 0 Å². The third-order valence-electron chi connectivity index (χ3n) is 11.5. The van der Waals surface area contributed by atoms with Crippen LogP contribution in [0.15, 0.2) is 96.1 Å². The van der Waals surface area contributed by atoms with Crippen LogP contribution in [-0.2, 0) is 15.3 Å². The van der Waals surface area contributed by atoms with Gasteiger partial charge in [-0.3, -0.25) is 0 Å². The Morgan fingerprint density at radius 2 is 0.833 bits per heavy atom. The standard InChI is InChI=1S/2C21H23.C2H7Si.2ClH.Hf/c2*1-14(2)17-12-16-8-7-11-20(21(16)13-17)19-10-6-5-9-18(19)15(3)4;1-3-2;;;/h2*5-15H,1-4H3;3H,1-2H3;2*1H;/q;;;;;+2/p-2. The number of hydrogen-bond donors (Lipinski definition) is 0. The van der Waals surface area contributed by atoms with E-state index in [4.69, 9.17) is 17.2 Å². The summed E-state index contributed by atoms with van der Waals surface area (Å²) in [6.45, 7) is 23.5. The SMILES string of the molecule is CC(C)C1=Cc2c(-c3ccccc3C(C)C)cccc2[CH]1[Hf]([Cl])([Cl])([CH]1C(C(C)C)=Cc2c(-c3ccccc3C(C)C)cccc21)[SiH](C)C. The van der Waals surface area contributed by atoms with Crippen LogP contribution in [-0.4, -0.2) is 5.98 Å². The van der Waals surface area contributed by atoms with E-state index in [-0.39, 0.29) is 7.35 Å². The van der Waals surface area contributed by atoms with E-state index in [0.717, 1.165) is 0 Å². The van der Waals surface area contributed by atoms with E-state index in [9.17, 15) is 0 Å². The molecule has 0 N–H and O–H groups in total. The van der Waals surface area contributed by atoms with E-state index in [1.807, 2.05) is 0 Å². The summed E-state index contributed by atoms with van der Waals surface area (Å²) in [4.78, 5) is 0. The van der Waals surface area contributed by atoms with Crippen LogP contribution in [0.1, 0.15) is 108 Å². The van der Waals surface area contributed by atoms with Gasteiger partial charge in [0.1, 0.15) is 0 Å². The number of allylic oxidation sites excluding steroid dienone is 2. The van der Waals surface area contributed by atoms with Crippen molar-refractivity contribution in [2.24, 2.45) is 11.8 Å². The Bertz CT molecular complexity index is 1790. The van der Waals surface area contributed by atoms with E-state index in [0.29, 0.717) is 23.7 Å². The quantitative estimate of drug-likeness (QED) is 0.147. The molecular weight excluding hydrogens is 806 g/mol. The van der Waals surface area contributed by atoms with Crippen molar-refractivity contribution in [2.75, 3.05) is 0 Å². The molecule has 48 heavy (non-hydrogen) atoms. The first-order valence-electron chi connectivity index (χ1n) is 18.1. The Kier molecular flexibility index (Phi) is 9.93. The molecule has 0 nitrogen and oxygen atoms in total. The Hall–Kier alpha value is -1.97. The second-order valence-electron chi connectivity index (χ2n) is 15.9. The number of rotatable bonds is 9. The molecule has 6 rings (SSSR count). The molecule has 0 heterocycles. The molecule has 0 aromatic heterocycles. The van der Waals surface area contributed by atoms with Crippen molar-refractivity contribution in [1.29, 1.82) is 0 Å². The maximum atomic E-state index is 8.80. The molecule has 0 fully saturated rings. The second-order valence-corrected chi connectivity index (χ2v) is 75.2. The molecule has 0 saturated heterocycles. The van der Waals surface area contributed by atoms with E-state index in [1.54, 1.807) is 0 Å². The van der Waals surface area contributed by atoms with Gasteiger partial charge in [0, 0.05) is 0 Å². The zero-order valence-corrected chi connectivity index (χ0v) is 36.8. The Morgan fingerprint density at radius 3 is 1.17 bits per heavy atom. The number of halogens is 2. The maximum absolute atomic E-state index is 8.80. The van der Waals surface area contributed by atoms with Crippen molar-refractivity contribution in [2.45, 2.75) is 87.7 Å². The zero-order valence-electron chi connectivity index (χ0n) is 30.5. The molecule has 2 aliphatic rings. The van der Waals surface area contributed by atoms with Gasteiger partial charge in [-0.15, -0.1) is 0 Å². The summed E-state index contributed by atoms with van der Waals surface area (Å²) < 4.78 is 0.172. The molecule has 0 bridgehead atoms. The third-order valence-corrected chi connectivity index (χ3v) is 84.1. The summed E-state index contributed by atoms with van der Waals surface area (Å²) in [6, 6.07) is 31.8. The molecule has 0 aliphatic heterocycles. The van der Waals surface area contributed by atoms with Gasteiger partial charge in [-0.05, 0) is 0 Å². The molecule has 2 unspecified atom stereocenters. The molecule has 2 atom stereocenters. The fourth-order valence-corrected chi connectivity index (χ4v) is 53.5. The molecule has 0 spiro atoms. The molecule has 0 radical (unpaired) electrons. The van der Waals surface area contributed by atoms with Crippen molar-refractivity contribution in [3.63, 3.8) is 0 Å². The normalized spacial score (nSPS) is 18.4. The Morgan fingerprint density at radius 1 is 0.479 bits per heavy atom. The molecular formula is C44H53Cl2HfSi. The molecule has 2 aliphatic carbocycles. The van der Waals surface area contributed by atoms with Crippen molar-refractivity contribution < 1.29 is 15.3 Å². The summed E-state index contributed by atoms with van der Waals surface area (Å²) in [5.41, 5.74) is 16.4. The average Bonchev–Trinajstić information content (AvgIpc) is 3.66.